The second kappa shape index (κ2) is 13.5. The van der Waals surface area contributed by atoms with Crippen LogP contribution >= 0.6 is 0 Å². The molecule has 0 spiro atoms. The Balaban J connectivity index is 1.47. The topological polar surface area (TPSA) is 164 Å². The standard InChI is InChI=1S/C32H34N6O7/c1-4-13-33-30(41)22-8-5-19(2)26(15-22)38(32(43)45-18-44-27(40)14-21-6-11-24(39)12-7-21)29-28-20(3)25(16-37(28)35-17-34-29)31(42)36-23-9-10-23/h5-8,11-12,15-17,23,39H,4,9-10,13-14,18H2,1-3H3,(H,33,41)(H,36,42). The Hall–Kier alpha value is -5.46. The summed E-state index contributed by atoms with van der Waals surface area (Å²) in [6.45, 7) is 5.22. The highest BCUT2D eigenvalue weighted by molar-refractivity contribution is 6.05. The van der Waals surface area contributed by atoms with E-state index >= 15 is 0 Å². The van der Waals surface area contributed by atoms with E-state index in [2.05, 4.69) is 20.7 Å². The molecule has 3 amide bonds. The number of rotatable bonds is 11. The number of nitrogens with zero attached hydrogens (tertiary/aromatic N) is 4. The van der Waals surface area contributed by atoms with Gasteiger partial charge in [-0.2, -0.15) is 5.10 Å². The molecule has 234 valence electrons. The summed E-state index contributed by atoms with van der Waals surface area (Å²) < 4.78 is 12.1. The predicted molar refractivity (Wildman–Crippen MR) is 163 cm³/mol. The van der Waals surface area contributed by atoms with Crippen LogP contribution in [-0.2, 0) is 20.7 Å². The molecule has 2 aromatic heterocycles. The number of nitrogens with one attached hydrogen (secondary N) is 2. The number of aromatic hydroxyl groups is 1. The van der Waals surface area contributed by atoms with Gasteiger partial charge in [-0.05, 0) is 74.1 Å². The molecule has 13 nitrogen and oxygen atoms in total. The quantitative estimate of drug-likeness (QED) is 0.167. The lowest BCUT2D eigenvalue weighted by Crippen LogP contribution is -2.31. The fourth-order valence-electron chi connectivity index (χ4n) is 4.70. The number of carbonyl (C=O) groups excluding carboxylic acids is 4. The Morgan fingerprint density at radius 3 is 2.51 bits per heavy atom. The second-order valence-corrected chi connectivity index (χ2v) is 10.8. The minimum Gasteiger partial charge on any atom is -0.508 e. The second-order valence-electron chi connectivity index (χ2n) is 10.8. The fraction of sp³-hybridized carbons (Fsp3) is 0.312. The average Bonchev–Trinajstić information content (AvgIpc) is 3.77. The van der Waals surface area contributed by atoms with Crippen LogP contribution in [0.5, 0.6) is 5.75 Å². The molecule has 1 aliphatic rings. The van der Waals surface area contributed by atoms with Crippen LogP contribution in [0.25, 0.3) is 5.52 Å². The number of fused-ring (bicyclic) bond motifs is 1. The number of hydrogen-bond acceptors (Lipinski definition) is 9. The fourth-order valence-corrected chi connectivity index (χ4v) is 4.70. The summed E-state index contributed by atoms with van der Waals surface area (Å²) in [5.41, 5.74) is 3.12. The van der Waals surface area contributed by atoms with E-state index in [9.17, 15) is 24.3 Å². The molecule has 1 saturated carbocycles. The Labute approximate surface area is 259 Å². The van der Waals surface area contributed by atoms with Crippen molar-refractivity contribution < 1.29 is 33.8 Å². The van der Waals surface area contributed by atoms with Gasteiger partial charge in [-0.3, -0.25) is 14.4 Å². The van der Waals surface area contributed by atoms with Crippen LogP contribution in [0.3, 0.4) is 0 Å². The number of carbonyl (C=O) groups is 4. The van der Waals surface area contributed by atoms with Crippen LogP contribution in [-0.4, -0.2) is 63.0 Å². The summed E-state index contributed by atoms with van der Waals surface area (Å²) in [5.74, 6) is -1.06. The number of aryl methyl sites for hydroxylation is 2. The maximum Gasteiger partial charge on any atom is 0.423 e. The van der Waals surface area contributed by atoms with Gasteiger partial charge in [0.2, 0.25) is 6.79 Å². The molecule has 45 heavy (non-hydrogen) atoms. The number of anilines is 2. The lowest BCUT2D eigenvalue weighted by molar-refractivity contribution is -0.150. The molecule has 0 saturated heterocycles. The predicted octanol–water partition coefficient (Wildman–Crippen LogP) is 4.10. The van der Waals surface area contributed by atoms with Gasteiger partial charge < -0.3 is 25.2 Å². The van der Waals surface area contributed by atoms with Crippen molar-refractivity contribution in [1.29, 1.82) is 0 Å². The van der Waals surface area contributed by atoms with Gasteiger partial charge in [0.1, 0.15) is 17.6 Å². The molecule has 5 rings (SSSR count). The number of hydrogen-bond donors (Lipinski definition) is 3. The highest BCUT2D eigenvalue weighted by Crippen LogP contribution is 2.34. The zero-order chi connectivity index (χ0) is 32.1. The van der Waals surface area contributed by atoms with Crippen LogP contribution in [0.15, 0.2) is 55.0 Å². The van der Waals surface area contributed by atoms with E-state index in [1.165, 1.54) is 27.9 Å². The van der Waals surface area contributed by atoms with Crippen molar-refractivity contribution in [2.75, 3.05) is 18.2 Å². The van der Waals surface area contributed by atoms with E-state index < -0.39 is 18.9 Å². The largest absolute Gasteiger partial charge is 0.508 e. The normalized spacial score (nSPS) is 12.4. The van der Waals surface area contributed by atoms with Crippen molar-refractivity contribution in [3.8, 4) is 5.75 Å². The first-order valence-corrected chi connectivity index (χ1v) is 14.6. The van der Waals surface area contributed by atoms with Crippen molar-refractivity contribution in [2.45, 2.75) is 52.5 Å². The van der Waals surface area contributed by atoms with Crippen molar-refractivity contribution in [3.63, 3.8) is 0 Å². The molecular weight excluding hydrogens is 580 g/mol. The highest BCUT2D eigenvalue weighted by atomic mass is 16.7. The first kappa shape index (κ1) is 31.0. The summed E-state index contributed by atoms with van der Waals surface area (Å²) in [6.07, 6.45) is 4.37. The summed E-state index contributed by atoms with van der Waals surface area (Å²) in [6, 6.07) is 11.1. The monoisotopic (exact) mass is 614 g/mol. The number of esters is 1. The molecule has 0 bridgehead atoms. The molecule has 3 N–H and O–H groups in total. The maximum atomic E-state index is 13.8. The summed E-state index contributed by atoms with van der Waals surface area (Å²) in [5, 5.41) is 19.5. The lowest BCUT2D eigenvalue weighted by atomic mass is 10.1. The number of phenols is 1. The number of amides is 3. The summed E-state index contributed by atoms with van der Waals surface area (Å²) in [7, 11) is 0. The van der Waals surface area contributed by atoms with Gasteiger partial charge >= 0.3 is 12.1 Å². The van der Waals surface area contributed by atoms with E-state index in [-0.39, 0.29) is 35.8 Å². The SMILES string of the molecule is CCCNC(=O)c1ccc(C)c(N(C(=O)OCOC(=O)Cc2ccc(O)cc2)c2ncnn3cc(C(=O)NC4CC4)c(C)c23)c1. The van der Waals surface area contributed by atoms with Gasteiger partial charge in [0.15, 0.2) is 5.82 Å². The van der Waals surface area contributed by atoms with Crippen molar-refractivity contribution in [1.82, 2.24) is 25.2 Å². The molecule has 0 unspecified atom stereocenters. The summed E-state index contributed by atoms with van der Waals surface area (Å²) >= 11 is 0. The van der Waals surface area contributed by atoms with Crippen LogP contribution in [0, 0.1) is 13.8 Å². The van der Waals surface area contributed by atoms with E-state index in [1.54, 1.807) is 50.4 Å². The third kappa shape index (κ3) is 7.20. The molecule has 1 fully saturated rings. The molecule has 0 atom stereocenters. The zero-order valence-corrected chi connectivity index (χ0v) is 25.2. The van der Waals surface area contributed by atoms with Gasteiger partial charge in [0.25, 0.3) is 11.8 Å². The van der Waals surface area contributed by atoms with Crippen molar-refractivity contribution in [2.24, 2.45) is 0 Å². The molecule has 13 heteroatoms. The van der Waals surface area contributed by atoms with E-state index in [1.807, 2.05) is 6.92 Å². The third-order valence-corrected chi connectivity index (χ3v) is 7.29. The van der Waals surface area contributed by atoms with Crippen LogP contribution in [0.4, 0.5) is 16.3 Å². The summed E-state index contributed by atoms with van der Waals surface area (Å²) in [4.78, 5) is 57.7. The van der Waals surface area contributed by atoms with Gasteiger partial charge in [0, 0.05) is 24.3 Å². The number of benzene rings is 2. The first-order chi connectivity index (χ1) is 21.7. The Bertz CT molecular complexity index is 1750. The van der Waals surface area contributed by atoms with Gasteiger partial charge in [-0.25, -0.2) is 19.2 Å². The first-order valence-electron chi connectivity index (χ1n) is 14.6. The number of ether oxygens (including phenoxy) is 2. The molecule has 2 aromatic carbocycles. The van der Waals surface area contributed by atoms with Gasteiger partial charge in [0.05, 0.1) is 17.7 Å². The van der Waals surface area contributed by atoms with Crippen LogP contribution in [0.2, 0.25) is 0 Å². The molecule has 2 heterocycles. The molecule has 4 aromatic rings. The minimum atomic E-state index is -0.938. The van der Waals surface area contributed by atoms with Gasteiger partial charge in [-0.1, -0.05) is 25.1 Å². The van der Waals surface area contributed by atoms with Gasteiger partial charge in [-0.15, -0.1) is 0 Å². The highest BCUT2D eigenvalue weighted by Gasteiger charge is 2.30. The third-order valence-electron chi connectivity index (χ3n) is 7.29. The number of phenolic OH excluding ortho intramolecular Hbond substituents is 1. The van der Waals surface area contributed by atoms with Crippen LogP contribution < -0.4 is 15.5 Å². The average molecular weight is 615 g/mol. The van der Waals surface area contributed by atoms with E-state index in [0.29, 0.717) is 45.6 Å². The molecule has 1 aliphatic carbocycles. The Morgan fingerprint density at radius 1 is 1.04 bits per heavy atom. The van der Waals surface area contributed by atoms with E-state index in [0.717, 1.165) is 19.3 Å². The molecular formula is C32H34N6O7. The van der Waals surface area contributed by atoms with Crippen molar-refractivity contribution >= 4 is 40.9 Å². The van der Waals surface area contributed by atoms with Crippen LogP contribution in [0.1, 0.15) is 63.6 Å². The molecule has 0 aliphatic heterocycles. The Morgan fingerprint density at radius 2 is 1.80 bits per heavy atom. The Kier molecular flexibility index (Phi) is 9.26. The van der Waals surface area contributed by atoms with Crippen molar-refractivity contribution in [3.05, 3.63) is 82.8 Å². The lowest BCUT2D eigenvalue weighted by Gasteiger charge is -2.24. The smallest absolute Gasteiger partial charge is 0.423 e. The van der Waals surface area contributed by atoms with E-state index in [4.69, 9.17) is 9.47 Å². The minimum absolute atomic E-state index is 0.0658. The molecule has 0 radical (unpaired) electrons. The number of aromatic nitrogens is 3. The maximum absolute atomic E-state index is 13.8. The zero-order valence-electron chi connectivity index (χ0n) is 25.2.